The Morgan fingerprint density at radius 3 is 2.57 bits per heavy atom. The first kappa shape index (κ1) is 14.2. The highest BCUT2D eigenvalue weighted by Crippen LogP contribution is 2.31. The van der Waals surface area contributed by atoms with Gasteiger partial charge < -0.3 is 9.73 Å². The highest BCUT2D eigenvalue weighted by atomic mass is 79.9. The molecule has 0 fully saturated rings. The van der Waals surface area contributed by atoms with E-state index in [2.05, 4.69) is 21.2 Å². The van der Waals surface area contributed by atoms with Crippen LogP contribution in [0.3, 0.4) is 0 Å². The summed E-state index contributed by atoms with van der Waals surface area (Å²) in [6.07, 6.45) is 0. The topological polar surface area (TPSA) is 59.3 Å². The van der Waals surface area contributed by atoms with E-state index < -0.39 is 6.04 Å². The Morgan fingerprint density at radius 2 is 1.83 bits per heavy atom. The van der Waals surface area contributed by atoms with E-state index in [4.69, 9.17) is 4.42 Å². The Kier molecular flexibility index (Phi) is 3.13. The number of benzene rings is 2. The second-order valence-electron chi connectivity index (χ2n) is 5.63. The predicted octanol–water partition coefficient (Wildman–Crippen LogP) is 3.70. The van der Waals surface area contributed by atoms with Crippen LogP contribution in [-0.4, -0.2) is 5.91 Å². The summed E-state index contributed by atoms with van der Waals surface area (Å²) in [7, 11) is 0. The quantitative estimate of drug-likeness (QED) is 0.711. The zero-order valence-corrected chi connectivity index (χ0v) is 13.8. The van der Waals surface area contributed by atoms with E-state index in [-0.39, 0.29) is 17.1 Å². The highest BCUT2D eigenvalue weighted by Gasteiger charge is 2.35. The summed E-state index contributed by atoms with van der Waals surface area (Å²) in [4.78, 5) is 25.1. The summed E-state index contributed by atoms with van der Waals surface area (Å²) < 4.78 is 6.64. The Hall–Kier alpha value is -2.40. The Labute approximate surface area is 140 Å². The van der Waals surface area contributed by atoms with E-state index in [1.54, 1.807) is 12.1 Å². The summed E-state index contributed by atoms with van der Waals surface area (Å²) in [6, 6.07) is 12.4. The van der Waals surface area contributed by atoms with E-state index in [0.717, 1.165) is 15.6 Å². The molecule has 0 saturated carbocycles. The fraction of sp³-hybridized carbons (Fsp3) is 0.111. The molecule has 1 N–H and O–H groups in total. The molecule has 114 valence electrons. The lowest BCUT2D eigenvalue weighted by Crippen LogP contribution is -2.21. The summed E-state index contributed by atoms with van der Waals surface area (Å²) in [6.45, 7) is 1.92. The normalized spacial score (nSPS) is 16.4. The van der Waals surface area contributed by atoms with Crippen molar-refractivity contribution in [1.29, 1.82) is 0 Å². The number of hydrogen-bond acceptors (Lipinski definition) is 3. The van der Waals surface area contributed by atoms with Gasteiger partial charge in [0.2, 0.25) is 5.76 Å². The number of fused-ring (bicyclic) bond motifs is 2. The van der Waals surface area contributed by atoms with Crippen molar-refractivity contribution in [3.8, 4) is 0 Å². The Morgan fingerprint density at radius 1 is 1.09 bits per heavy atom. The average Bonchev–Trinajstić information content (AvgIpc) is 2.86. The number of carbonyl (C=O) groups excluding carboxylic acids is 1. The lowest BCUT2D eigenvalue weighted by molar-refractivity contribution is 0.0938. The molecule has 1 amide bonds. The van der Waals surface area contributed by atoms with Crippen LogP contribution < -0.4 is 10.7 Å². The molecule has 1 aliphatic heterocycles. The summed E-state index contributed by atoms with van der Waals surface area (Å²) in [5.74, 6) is -0.244. The summed E-state index contributed by atoms with van der Waals surface area (Å²) in [5.41, 5.74) is 2.49. The van der Waals surface area contributed by atoms with Crippen LogP contribution in [0.25, 0.3) is 11.0 Å². The van der Waals surface area contributed by atoms with E-state index in [1.807, 2.05) is 37.3 Å². The molecule has 4 rings (SSSR count). The molecular weight excluding hydrogens is 358 g/mol. The molecule has 3 aromatic rings. The molecule has 0 aliphatic carbocycles. The Bertz CT molecular complexity index is 1010. The first-order valence-electron chi connectivity index (χ1n) is 7.18. The van der Waals surface area contributed by atoms with Gasteiger partial charge in [-0.25, -0.2) is 0 Å². The second-order valence-corrected chi connectivity index (χ2v) is 6.55. The van der Waals surface area contributed by atoms with Crippen molar-refractivity contribution in [2.24, 2.45) is 0 Å². The van der Waals surface area contributed by atoms with Crippen LogP contribution in [0.1, 0.15) is 33.3 Å². The first-order valence-corrected chi connectivity index (χ1v) is 7.97. The standard InChI is InChI=1S/C18H12BrNO3/c1-9-2-7-13-12(8-9)16(21)14-15(20-18(22)17(14)23-13)10-3-5-11(19)6-4-10/h2-8,15H,1H3,(H,20,22). The number of halogens is 1. The van der Waals surface area contributed by atoms with Gasteiger partial charge in [0.1, 0.15) is 5.58 Å². The van der Waals surface area contributed by atoms with Gasteiger partial charge in [0.15, 0.2) is 5.43 Å². The van der Waals surface area contributed by atoms with Gasteiger partial charge >= 0.3 is 0 Å². The van der Waals surface area contributed by atoms with Gasteiger partial charge in [0.25, 0.3) is 5.91 Å². The molecule has 1 atom stereocenters. The number of hydrogen-bond donors (Lipinski definition) is 1. The van der Waals surface area contributed by atoms with Crippen LogP contribution in [0.2, 0.25) is 0 Å². The van der Waals surface area contributed by atoms with E-state index in [0.29, 0.717) is 16.5 Å². The van der Waals surface area contributed by atoms with Crippen molar-refractivity contribution in [1.82, 2.24) is 5.32 Å². The maximum absolute atomic E-state index is 12.9. The minimum absolute atomic E-state index is 0.110. The lowest BCUT2D eigenvalue weighted by atomic mass is 9.99. The van der Waals surface area contributed by atoms with Crippen molar-refractivity contribution in [2.45, 2.75) is 13.0 Å². The van der Waals surface area contributed by atoms with Crippen LogP contribution in [0.15, 0.2) is 56.1 Å². The monoisotopic (exact) mass is 369 g/mol. The third-order valence-corrected chi connectivity index (χ3v) is 4.58. The van der Waals surface area contributed by atoms with Gasteiger partial charge in [-0.2, -0.15) is 0 Å². The van der Waals surface area contributed by atoms with Crippen LogP contribution in [0, 0.1) is 6.92 Å². The zero-order valence-electron chi connectivity index (χ0n) is 12.2. The van der Waals surface area contributed by atoms with Crippen molar-refractivity contribution in [3.05, 3.63) is 79.6 Å². The summed E-state index contributed by atoms with van der Waals surface area (Å²) in [5, 5.41) is 3.34. The summed E-state index contributed by atoms with van der Waals surface area (Å²) >= 11 is 3.39. The average molecular weight is 370 g/mol. The minimum Gasteiger partial charge on any atom is -0.450 e. The van der Waals surface area contributed by atoms with Crippen molar-refractivity contribution in [3.63, 3.8) is 0 Å². The molecule has 1 aromatic heterocycles. The fourth-order valence-corrected chi connectivity index (χ4v) is 3.19. The number of aryl methyl sites for hydroxylation is 1. The molecule has 23 heavy (non-hydrogen) atoms. The number of nitrogens with one attached hydrogen (secondary N) is 1. The maximum Gasteiger partial charge on any atom is 0.288 e. The van der Waals surface area contributed by atoms with Crippen LogP contribution in [0.4, 0.5) is 0 Å². The molecule has 1 unspecified atom stereocenters. The van der Waals surface area contributed by atoms with Crippen molar-refractivity contribution in [2.75, 3.05) is 0 Å². The highest BCUT2D eigenvalue weighted by molar-refractivity contribution is 9.10. The number of amides is 1. The predicted molar refractivity (Wildman–Crippen MR) is 90.7 cm³/mol. The van der Waals surface area contributed by atoms with Gasteiger partial charge in [-0.3, -0.25) is 9.59 Å². The second kappa shape index (κ2) is 5.06. The molecule has 0 bridgehead atoms. The molecule has 2 aromatic carbocycles. The van der Waals surface area contributed by atoms with E-state index in [1.165, 1.54) is 0 Å². The van der Waals surface area contributed by atoms with Gasteiger partial charge in [0.05, 0.1) is 17.0 Å². The van der Waals surface area contributed by atoms with Crippen LogP contribution >= 0.6 is 15.9 Å². The van der Waals surface area contributed by atoms with Crippen molar-refractivity contribution >= 4 is 32.8 Å². The molecule has 0 saturated heterocycles. The Balaban J connectivity index is 1.99. The van der Waals surface area contributed by atoms with Gasteiger partial charge in [-0.15, -0.1) is 0 Å². The van der Waals surface area contributed by atoms with Gasteiger partial charge in [-0.05, 0) is 36.8 Å². The molecule has 0 radical (unpaired) electrons. The number of rotatable bonds is 1. The fourth-order valence-electron chi connectivity index (χ4n) is 2.93. The SMILES string of the molecule is Cc1ccc2oc3c(c(=O)c2c1)C(c1ccc(Br)cc1)NC3=O. The molecule has 1 aliphatic rings. The largest absolute Gasteiger partial charge is 0.450 e. The molecular formula is C18H12BrNO3. The van der Waals surface area contributed by atoms with Crippen LogP contribution in [-0.2, 0) is 0 Å². The molecule has 4 nitrogen and oxygen atoms in total. The van der Waals surface area contributed by atoms with Crippen LogP contribution in [0.5, 0.6) is 0 Å². The minimum atomic E-state index is -0.480. The van der Waals surface area contributed by atoms with Crippen molar-refractivity contribution < 1.29 is 9.21 Å². The maximum atomic E-state index is 12.9. The first-order chi connectivity index (χ1) is 11.0. The molecule has 0 spiro atoms. The van der Waals surface area contributed by atoms with E-state index >= 15 is 0 Å². The number of carbonyl (C=O) groups is 1. The van der Waals surface area contributed by atoms with E-state index in [9.17, 15) is 9.59 Å². The molecule has 2 heterocycles. The third kappa shape index (κ3) is 2.19. The lowest BCUT2D eigenvalue weighted by Gasteiger charge is -2.11. The van der Waals surface area contributed by atoms with Gasteiger partial charge in [-0.1, -0.05) is 39.7 Å². The zero-order chi connectivity index (χ0) is 16.1. The van der Waals surface area contributed by atoms with Gasteiger partial charge in [0, 0.05) is 4.47 Å². The third-order valence-electron chi connectivity index (χ3n) is 4.05. The smallest absolute Gasteiger partial charge is 0.288 e. The molecule has 5 heteroatoms.